The predicted octanol–water partition coefficient (Wildman–Crippen LogP) is 5.45. The Bertz CT molecular complexity index is 661. The quantitative estimate of drug-likeness (QED) is 0.586. The molecule has 0 saturated heterocycles. The van der Waals surface area contributed by atoms with E-state index >= 15 is 0 Å². The minimum atomic E-state index is 0. The molecule has 4 heteroatoms. The van der Waals surface area contributed by atoms with Crippen LogP contribution in [0.25, 0.3) is 11.3 Å². The molecule has 0 bridgehead atoms. The van der Waals surface area contributed by atoms with E-state index in [2.05, 4.69) is 21.8 Å². The van der Waals surface area contributed by atoms with Gasteiger partial charge in [-0.15, -0.1) is 0 Å². The number of aromatic nitrogens is 3. The number of ketones is 1. The summed E-state index contributed by atoms with van der Waals surface area (Å²) in [5, 5.41) is 6.96. The summed E-state index contributed by atoms with van der Waals surface area (Å²) in [4.78, 5) is 16.7. The van der Waals surface area contributed by atoms with Crippen molar-refractivity contribution < 1.29 is 6.22 Å². The summed E-state index contributed by atoms with van der Waals surface area (Å²) >= 11 is 0. The Hall–Kier alpha value is -2.23. The van der Waals surface area contributed by atoms with Crippen molar-refractivity contribution in [3.8, 4) is 11.3 Å². The fraction of sp³-hybridized carbons (Fsp3) is 0.450. The SMILES string of the molecule is C=C(CC1CCCCC1)C(=O)c1cn[nH]c1-c1ccncc1.CC.[HH]. The zero-order valence-electron chi connectivity index (χ0n) is 14.7. The molecule has 4 nitrogen and oxygen atoms in total. The number of hydrogen-bond acceptors (Lipinski definition) is 3. The van der Waals surface area contributed by atoms with Gasteiger partial charge in [-0.05, 0) is 30.0 Å². The van der Waals surface area contributed by atoms with E-state index in [1.807, 2.05) is 26.0 Å². The van der Waals surface area contributed by atoms with E-state index in [1.54, 1.807) is 18.6 Å². The molecular formula is C20H29N3O. The van der Waals surface area contributed by atoms with Crippen molar-refractivity contribution in [3.63, 3.8) is 0 Å². The van der Waals surface area contributed by atoms with Crippen LogP contribution >= 0.6 is 0 Å². The van der Waals surface area contributed by atoms with Gasteiger partial charge in [-0.2, -0.15) is 5.10 Å². The van der Waals surface area contributed by atoms with E-state index in [0.29, 0.717) is 17.1 Å². The van der Waals surface area contributed by atoms with Crippen LogP contribution in [0, 0.1) is 5.92 Å². The minimum Gasteiger partial charge on any atom is -0.289 e. The van der Waals surface area contributed by atoms with Crippen molar-refractivity contribution in [2.75, 3.05) is 0 Å². The molecule has 2 aromatic rings. The molecule has 2 heterocycles. The third-order valence-electron chi connectivity index (χ3n) is 4.43. The highest BCUT2D eigenvalue weighted by atomic mass is 16.1. The average Bonchev–Trinajstić information content (AvgIpc) is 3.14. The Morgan fingerprint density at radius 1 is 1.25 bits per heavy atom. The first-order valence-corrected chi connectivity index (χ1v) is 8.92. The maximum absolute atomic E-state index is 12.7. The van der Waals surface area contributed by atoms with Gasteiger partial charge in [0.2, 0.25) is 0 Å². The zero-order chi connectivity index (χ0) is 17.4. The second-order valence-electron chi connectivity index (χ2n) is 6.04. The lowest BCUT2D eigenvalue weighted by molar-refractivity contribution is 0.102. The minimum absolute atomic E-state index is 0. The largest absolute Gasteiger partial charge is 0.289 e. The van der Waals surface area contributed by atoms with Gasteiger partial charge in [0.1, 0.15) is 0 Å². The molecule has 1 saturated carbocycles. The lowest BCUT2D eigenvalue weighted by Crippen LogP contribution is -2.11. The van der Waals surface area contributed by atoms with Crippen LogP contribution in [0.5, 0.6) is 0 Å². The fourth-order valence-electron chi connectivity index (χ4n) is 3.22. The summed E-state index contributed by atoms with van der Waals surface area (Å²) in [5.74, 6) is 0.618. The van der Waals surface area contributed by atoms with E-state index in [0.717, 1.165) is 17.7 Å². The highest BCUT2D eigenvalue weighted by Gasteiger charge is 2.21. The van der Waals surface area contributed by atoms with Gasteiger partial charge in [0.15, 0.2) is 5.78 Å². The van der Waals surface area contributed by atoms with Crippen LogP contribution < -0.4 is 0 Å². The Balaban J connectivity index is 0.00000101. The number of carbonyl (C=O) groups is 1. The number of Topliss-reactive ketones (excluding diaryl/α,β-unsaturated/α-hetero) is 1. The van der Waals surface area contributed by atoms with Crippen molar-refractivity contribution in [1.29, 1.82) is 0 Å². The molecule has 1 N–H and O–H groups in total. The highest BCUT2D eigenvalue weighted by Crippen LogP contribution is 2.30. The molecular weight excluding hydrogens is 298 g/mol. The van der Waals surface area contributed by atoms with Crippen LogP contribution in [0.4, 0.5) is 0 Å². The molecule has 1 aliphatic carbocycles. The van der Waals surface area contributed by atoms with E-state index in [1.165, 1.54) is 32.1 Å². The van der Waals surface area contributed by atoms with E-state index < -0.39 is 0 Å². The van der Waals surface area contributed by atoms with Crippen molar-refractivity contribution in [2.45, 2.75) is 52.4 Å². The van der Waals surface area contributed by atoms with Gasteiger partial charge in [0.25, 0.3) is 0 Å². The van der Waals surface area contributed by atoms with Gasteiger partial charge >= 0.3 is 0 Å². The number of nitrogens with one attached hydrogen (secondary N) is 1. The second-order valence-corrected chi connectivity index (χ2v) is 6.04. The van der Waals surface area contributed by atoms with Crippen LogP contribution in [-0.4, -0.2) is 21.0 Å². The predicted molar refractivity (Wildman–Crippen MR) is 99.9 cm³/mol. The smallest absolute Gasteiger partial charge is 0.192 e. The lowest BCUT2D eigenvalue weighted by Gasteiger charge is -2.21. The first kappa shape index (κ1) is 18.1. The molecule has 0 amide bonds. The number of allylic oxidation sites excluding steroid dienone is 1. The normalized spacial score (nSPS) is 14.6. The molecule has 0 radical (unpaired) electrons. The van der Waals surface area contributed by atoms with Crippen molar-refractivity contribution in [3.05, 3.63) is 48.4 Å². The molecule has 24 heavy (non-hydrogen) atoms. The number of pyridine rings is 1. The Kier molecular flexibility index (Phi) is 6.91. The second kappa shape index (κ2) is 9.16. The van der Waals surface area contributed by atoms with Crippen LogP contribution in [-0.2, 0) is 0 Å². The summed E-state index contributed by atoms with van der Waals surface area (Å²) in [6.45, 7) is 8.04. The van der Waals surface area contributed by atoms with Gasteiger partial charge in [0, 0.05) is 19.4 Å². The third-order valence-corrected chi connectivity index (χ3v) is 4.43. The van der Waals surface area contributed by atoms with Gasteiger partial charge in [-0.3, -0.25) is 14.9 Å². The van der Waals surface area contributed by atoms with E-state index in [9.17, 15) is 4.79 Å². The van der Waals surface area contributed by atoms with Crippen molar-refractivity contribution in [1.82, 2.24) is 15.2 Å². The van der Waals surface area contributed by atoms with Gasteiger partial charge < -0.3 is 0 Å². The Labute approximate surface area is 145 Å². The van der Waals surface area contributed by atoms with Crippen LogP contribution in [0.15, 0.2) is 42.9 Å². The number of aromatic amines is 1. The standard InChI is InChI=1S/C18H21N3O.C2H6.H2/c1-13(11-14-5-3-2-4-6-14)18(22)16-12-20-21-17(16)15-7-9-19-10-8-15;1-2;/h7-10,12,14H,1-6,11H2,(H,20,21);1-2H3;1H. The van der Waals surface area contributed by atoms with Gasteiger partial charge in [0.05, 0.1) is 17.5 Å². The first-order chi connectivity index (χ1) is 11.8. The van der Waals surface area contributed by atoms with Crippen molar-refractivity contribution in [2.24, 2.45) is 5.92 Å². The van der Waals surface area contributed by atoms with Crippen molar-refractivity contribution >= 4 is 5.78 Å². The maximum Gasteiger partial charge on any atom is 0.192 e. The number of hydrogen-bond donors (Lipinski definition) is 1. The van der Waals surface area contributed by atoms with E-state index in [4.69, 9.17) is 0 Å². The zero-order valence-corrected chi connectivity index (χ0v) is 14.7. The molecule has 130 valence electrons. The monoisotopic (exact) mass is 327 g/mol. The summed E-state index contributed by atoms with van der Waals surface area (Å²) in [7, 11) is 0. The molecule has 1 aliphatic rings. The summed E-state index contributed by atoms with van der Waals surface area (Å²) < 4.78 is 0. The van der Waals surface area contributed by atoms with Crippen LogP contribution in [0.3, 0.4) is 0 Å². The molecule has 0 aliphatic heterocycles. The van der Waals surface area contributed by atoms with Gasteiger partial charge in [-0.25, -0.2) is 0 Å². The Morgan fingerprint density at radius 2 is 1.92 bits per heavy atom. The first-order valence-electron chi connectivity index (χ1n) is 8.92. The fourth-order valence-corrected chi connectivity index (χ4v) is 3.22. The number of nitrogens with zero attached hydrogens (tertiary/aromatic N) is 2. The summed E-state index contributed by atoms with van der Waals surface area (Å²) in [6, 6.07) is 3.74. The van der Waals surface area contributed by atoms with E-state index in [-0.39, 0.29) is 7.21 Å². The Morgan fingerprint density at radius 3 is 2.58 bits per heavy atom. The van der Waals surface area contributed by atoms with Gasteiger partial charge in [-0.1, -0.05) is 52.5 Å². The summed E-state index contributed by atoms with van der Waals surface area (Å²) in [5.41, 5.74) is 2.97. The molecule has 3 rings (SSSR count). The number of carbonyl (C=O) groups excluding carboxylic acids is 1. The molecule has 0 aromatic carbocycles. The highest BCUT2D eigenvalue weighted by molar-refractivity contribution is 6.11. The van der Waals surface area contributed by atoms with Crippen LogP contribution in [0.1, 0.15) is 64.2 Å². The number of H-pyrrole nitrogens is 1. The molecule has 2 aromatic heterocycles. The molecule has 1 fully saturated rings. The number of rotatable bonds is 5. The molecule has 0 unspecified atom stereocenters. The maximum atomic E-state index is 12.7. The average molecular weight is 327 g/mol. The summed E-state index contributed by atoms with van der Waals surface area (Å²) in [6.07, 6.45) is 12.1. The molecule has 0 spiro atoms. The molecule has 0 atom stereocenters. The topological polar surface area (TPSA) is 58.6 Å². The van der Waals surface area contributed by atoms with Crippen LogP contribution in [0.2, 0.25) is 0 Å². The third kappa shape index (κ3) is 4.40. The lowest BCUT2D eigenvalue weighted by atomic mass is 9.83.